The van der Waals surface area contributed by atoms with Gasteiger partial charge in [-0.05, 0) is 84.5 Å². The van der Waals surface area contributed by atoms with E-state index >= 15 is 0 Å². The minimum absolute atomic E-state index is 1.06. The van der Waals surface area contributed by atoms with Gasteiger partial charge < -0.3 is 4.90 Å². The molecule has 0 unspecified atom stereocenters. The molecule has 0 aromatic heterocycles. The van der Waals surface area contributed by atoms with Gasteiger partial charge in [0.2, 0.25) is 0 Å². The molecular formula is C35H33N. The van der Waals surface area contributed by atoms with E-state index < -0.39 is 0 Å². The predicted octanol–water partition coefficient (Wildman–Crippen LogP) is 10.0. The summed E-state index contributed by atoms with van der Waals surface area (Å²) < 4.78 is 0. The van der Waals surface area contributed by atoms with Gasteiger partial charge in [-0.15, -0.1) is 0 Å². The van der Waals surface area contributed by atoms with E-state index in [9.17, 15) is 0 Å². The first-order valence-corrected chi connectivity index (χ1v) is 12.3. The maximum Gasteiger partial charge on any atom is 0.0485 e. The zero-order valence-electron chi connectivity index (χ0n) is 21.4. The number of aryl methyl sites for hydroxylation is 1. The number of hydrogen-bond donors (Lipinski definition) is 0. The van der Waals surface area contributed by atoms with Gasteiger partial charge in [-0.2, -0.15) is 0 Å². The summed E-state index contributed by atoms with van der Waals surface area (Å²) in [6.45, 7) is 10.3. The third-order valence-electron chi connectivity index (χ3n) is 6.17. The molecule has 0 bridgehead atoms. The molecule has 4 aromatic carbocycles. The van der Waals surface area contributed by atoms with Crippen molar-refractivity contribution in [2.75, 3.05) is 4.90 Å². The van der Waals surface area contributed by atoms with Gasteiger partial charge in [0.05, 0.1) is 0 Å². The Bertz CT molecular complexity index is 1390. The Morgan fingerprint density at radius 1 is 0.750 bits per heavy atom. The molecule has 0 N–H and O–H groups in total. The van der Waals surface area contributed by atoms with E-state index in [1.54, 1.807) is 0 Å². The van der Waals surface area contributed by atoms with Crippen molar-refractivity contribution in [2.45, 2.75) is 20.8 Å². The zero-order valence-corrected chi connectivity index (χ0v) is 21.4. The molecule has 4 aromatic rings. The normalized spacial score (nSPS) is 11.8. The minimum atomic E-state index is 1.06. The third kappa shape index (κ3) is 6.00. The van der Waals surface area contributed by atoms with Crippen LogP contribution < -0.4 is 4.90 Å². The lowest BCUT2D eigenvalue weighted by Gasteiger charge is -2.24. The molecule has 4 rings (SSSR count). The van der Waals surface area contributed by atoms with Crippen LogP contribution in [-0.4, -0.2) is 0 Å². The average Bonchev–Trinajstić information content (AvgIpc) is 2.92. The highest BCUT2D eigenvalue weighted by molar-refractivity contribution is 5.77. The van der Waals surface area contributed by atoms with E-state index in [0.717, 1.165) is 22.5 Å². The fourth-order valence-electron chi connectivity index (χ4n) is 4.24. The Labute approximate surface area is 216 Å². The third-order valence-corrected chi connectivity index (χ3v) is 6.17. The summed E-state index contributed by atoms with van der Waals surface area (Å²) in [5, 5.41) is 0. The van der Waals surface area contributed by atoms with Crippen molar-refractivity contribution in [3.05, 3.63) is 157 Å². The van der Waals surface area contributed by atoms with Crippen LogP contribution in [0.15, 0.2) is 140 Å². The van der Waals surface area contributed by atoms with E-state index in [0.29, 0.717) is 0 Å². The number of rotatable bonds is 8. The molecule has 0 atom stereocenters. The molecular weight excluding hydrogens is 434 g/mol. The smallest absolute Gasteiger partial charge is 0.0485 e. The van der Waals surface area contributed by atoms with Crippen molar-refractivity contribution in [3.8, 4) is 11.1 Å². The van der Waals surface area contributed by atoms with Crippen LogP contribution in [-0.2, 0) is 0 Å². The first-order chi connectivity index (χ1) is 17.6. The van der Waals surface area contributed by atoms with Crippen LogP contribution in [0.2, 0.25) is 0 Å². The van der Waals surface area contributed by atoms with Gasteiger partial charge in [0.25, 0.3) is 0 Å². The first-order valence-electron chi connectivity index (χ1n) is 12.3. The van der Waals surface area contributed by atoms with Crippen LogP contribution in [0.1, 0.15) is 30.5 Å². The summed E-state index contributed by atoms with van der Waals surface area (Å²) in [6, 6.07) is 36.3. The lowest BCUT2D eigenvalue weighted by atomic mass is 10.0. The molecule has 0 aliphatic rings. The van der Waals surface area contributed by atoms with Crippen molar-refractivity contribution in [1.29, 1.82) is 0 Å². The number of nitrogens with zero attached hydrogens (tertiary/aromatic N) is 1. The van der Waals surface area contributed by atoms with Crippen molar-refractivity contribution in [1.82, 2.24) is 0 Å². The van der Waals surface area contributed by atoms with Crippen LogP contribution in [0.5, 0.6) is 0 Å². The van der Waals surface area contributed by atoms with Crippen LogP contribution >= 0.6 is 0 Å². The number of benzene rings is 4. The second kappa shape index (κ2) is 11.9. The van der Waals surface area contributed by atoms with E-state index in [1.165, 1.54) is 27.8 Å². The average molecular weight is 468 g/mol. The van der Waals surface area contributed by atoms with Crippen LogP contribution in [0.4, 0.5) is 11.4 Å². The summed E-state index contributed by atoms with van der Waals surface area (Å²) in [4.78, 5) is 2.25. The van der Waals surface area contributed by atoms with Crippen molar-refractivity contribution in [3.63, 3.8) is 0 Å². The Hall–Kier alpha value is -4.36. The number of anilines is 2. The molecule has 0 fully saturated rings. The lowest BCUT2D eigenvalue weighted by molar-refractivity contribution is 1.25. The monoisotopic (exact) mass is 467 g/mol. The summed E-state index contributed by atoms with van der Waals surface area (Å²) in [6.07, 6.45) is 10.7. The van der Waals surface area contributed by atoms with Gasteiger partial charge in [-0.3, -0.25) is 0 Å². The van der Waals surface area contributed by atoms with E-state index in [4.69, 9.17) is 0 Å². The van der Waals surface area contributed by atoms with Crippen molar-refractivity contribution < 1.29 is 0 Å². The number of hydrogen-bond acceptors (Lipinski definition) is 1. The highest BCUT2D eigenvalue weighted by Gasteiger charge is 2.11. The van der Waals surface area contributed by atoms with E-state index in [-0.39, 0.29) is 0 Å². The summed E-state index contributed by atoms with van der Waals surface area (Å²) in [5.74, 6) is 0. The van der Waals surface area contributed by atoms with Gasteiger partial charge in [0, 0.05) is 17.6 Å². The van der Waals surface area contributed by atoms with E-state index in [2.05, 4.69) is 146 Å². The fourth-order valence-corrected chi connectivity index (χ4v) is 4.24. The molecule has 0 amide bonds. The SMILES string of the molecule is C=C(C)c1ccc(N(/C=C/C=C(\C=C/C)c2ccccc2)c2ccc(-c3ccccc3)cc2C)cc1. The highest BCUT2D eigenvalue weighted by atomic mass is 15.1. The van der Waals surface area contributed by atoms with Crippen LogP contribution in [0, 0.1) is 6.92 Å². The maximum absolute atomic E-state index is 4.08. The molecule has 0 aliphatic heterocycles. The molecule has 0 saturated heterocycles. The second-order valence-electron chi connectivity index (χ2n) is 8.89. The van der Waals surface area contributed by atoms with Gasteiger partial charge in [-0.25, -0.2) is 0 Å². The quantitative estimate of drug-likeness (QED) is 0.233. The molecule has 1 nitrogen and oxygen atoms in total. The summed E-state index contributed by atoms with van der Waals surface area (Å²) in [5.41, 5.74) is 10.5. The standard InChI is InChI=1S/C35H33N/c1-5-13-30(31-14-8-6-9-15-31)18-12-25-36(34-22-19-29(20-23-34)27(2)3)35-24-21-33(26-28(35)4)32-16-10-7-11-17-32/h5-26H,2H2,1,3-4H3/b13-5-,25-12+,30-18+. The summed E-state index contributed by atoms with van der Waals surface area (Å²) in [7, 11) is 0. The summed E-state index contributed by atoms with van der Waals surface area (Å²) >= 11 is 0. The predicted molar refractivity (Wildman–Crippen MR) is 158 cm³/mol. The molecule has 1 heteroatoms. The van der Waals surface area contributed by atoms with Gasteiger partial charge in [-0.1, -0.05) is 109 Å². The second-order valence-corrected chi connectivity index (χ2v) is 8.89. The molecule has 36 heavy (non-hydrogen) atoms. The Kier molecular flexibility index (Phi) is 8.16. The molecule has 0 aliphatic carbocycles. The molecule has 0 radical (unpaired) electrons. The Balaban J connectivity index is 1.74. The lowest BCUT2D eigenvalue weighted by Crippen LogP contribution is -2.10. The van der Waals surface area contributed by atoms with Gasteiger partial charge in [0.15, 0.2) is 0 Å². The highest BCUT2D eigenvalue weighted by Crippen LogP contribution is 2.33. The van der Waals surface area contributed by atoms with Crippen LogP contribution in [0.25, 0.3) is 22.3 Å². The van der Waals surface area contributed by atoms with Crippen molar-refractivity contribution in [2.24, 2.45) is 0 Å². The largest absolute Gasteiger partial charge is 0.317 e. The topological polar surface area (TPSA) is 3.24 Å². The first kappa shape index (κ1) is 24.8. The van der Waals surface area contributed by atoms with E-state index in [1.807, 2.05) is 19.9 Å². The fraction of sp³-hybridized carbons (Fsp3) is 0.0857. The Morgan fingerprint density at radius 2 is 1.42 bits per heavy atom. The molecule has 0 saturated carbocycles. The van der Waals surface area contributed by atoms with Gasteiger partial charge >= 0.3 is 0 Å². The molecule has 178 valence electrons. The number of allylic oxidation sites excluding steroid dienone is 6. The maximum atomic E-state index is 4.08. The molecule has 0 heterocycles. The van der Waals surface area contributed by atoms with Gasteiger partial charge in [0.1, 0.15) is 0 Å². The zero-order chi connectivity index (χ0) is 25.3. The van der Waals surface area contributed by atoms with Crippen molar-refractivity contribution >= 4 is 22.5 Å². The van der Waals surface area contributed by atoms with Crippen LogP contribution in [0.3, 0.4) is 0 Å². The minimum Gasteiger partial charge on any atom is -0.317 e. The Morgan fingerprint density at radius 3 is 2.03 bits per heavy atom. The molecule has 0 spiro atoms.